The van der Waals surface area contributed by atoms with Gasteiger partial charge in [-0.2, -0.15) is 0 Å². The molecule has 10 N–H and O–H groups in total. The fourth-order valence-electron chi connectivity index (χ4n) is 4.70. The molecule has 1 unspecified atom stereocenters. The van der Waals surface area contributed by atoms with Crippen LogP contribution in [0.1, 0.15) is 0 Å². The molecule has 0 aliphatic carbocycles. The Morgan fingerprint density at radius 3 is 1.41 bits per heavy atom. The summed E-state index contributed by atoms with van der Waals surface area (Å²) in [6.07, 6.45) is -22.9. The van der Waals surface area contributed by atoms with Gasteiger partial charge in [-0.25, -0.2) is 0 Å². The molecule has 4 saturated heterocycles. The first-order valence-electron chi connectivity index (χ1n) is 11.7. The smallest absolute Gasteiger partial charge is 0.187 e. The molecule has 0 aromatic carbocycles. The Labute approximate surface area is 209 Å². The molecule has 0 radical (unpaired) electrons. The van der Waals surface area contributed by atoms with Crippen LogP contribution in [0.4, 0.5) is 0 Å². The summed E-state index contributed by atoms with van der Waals surface area (Å²) in [7, 11) is 0. The van der Waals surface area contributed by atoms with Crippen LogP contribution in [0.15, 0.2) is 0 Å². The third-order valence-electron chi connectivity index (χ3n) is 6.81. The Hall–Kier alpha value is -0.680. The molecule has 4 rings (SSSR count). The molecule has 0 amide bonds. The Balaban J connectivity index is 1.44. The van der Waals surface area contributed by atoms with Crippen LogP contribution in [0, 0.1) is 0 Å². The predicted molar refractivity (Wildman–Crippen MR) is 110 cm³/mol. The van der Waals surface area contributed by atoms with Gasteiger partial charge in [-0.1, -0.05) is 0 Å². The lowest BCUT2D eigenvalue weighted by Gasteiger charge is -2.29. The molecule has 0 bridgehead atoms. The van der Waals surface area contributed by atoms with Gasteiger partial charge in [0.15, 0.2) is 25.2 Å². The van der Waals surface area contributed by atoms with Gasteiger partial charge >= 0.3 is 0 Å². The minimum absolute atomic E-state index is 0.613. The number of rotatable bonds is 10. The van der Waals surface area contributed by atoms with E-state index in [1.807, 2.05) is 0 Å². The highest BCUT2D eigenvalue weighted by Gasteiger charge is 2.55. The van der Waals surface area contributed by atoms with Gasteiger partial charge in [-0.15, -0.1) is 0 Å². The maximum Gasteiger partial charge on any atom is 0.187 e. The summed E-state index contributed by atoms with van der Waals surface area (Å²) < 4.78 is 37.9. The van der Waals surface area contributed by atoms with Gasteiger partial charge in [-0.3, -0.25) is 0 Å². The maximum atomic E-state index is 10.8. The monoisotopic (exact) mass is 546 g/mol. The number of aliphatic hydroxyl groups is 10. The van der Waals surface area contributed by atoms with E-state index in [1.165, 1.54) is 0 Å². The van der Waals surface area contributed by atoms with E-state index < -0.39 is 125 Å². The average Bonchev–Trinajstić information content (AvgIpc) is 3.55. The van der Waals surface area contributed by atoms with Crippen molar-refractivity contribution in [3.05, 3.63) is 0 Å². The second-order valence-electron chi connectivity index (χ2n) is 9.18. The molecule has 4 heterocycles. The van der Waals surface area contributed by atoms with Crippen LogP contribution in [0.3, 0.4) is 0 Å². The predicted octanol–water partition coefficient (Wildman–Crippen LogP) is -7.19. The first-order valence-corrected chi connectivity index (χ1v) is 11.7. The fraction of sp³-hybridized carbons (Fsp3) is 1.00. The van der Waals surface area contributed by atoms with Crippen molar-refractivity contribution in [3.8, 4) is 0 Å². The number of aliphatic hydroxyl groups excluding tert-OH is 10. The SMILES string of the molecule is OC[C@@H]1O[C@H](O[C@@H]2[C@@H](O)[C@@H](O[C@H]3[C@@H](O[C@H]4C(O)O[C@@H](CO)[C@@H]4O)O[C@@H](CO)[C@@H]3O)O[C@H]2CO)[C@H](O)[C@H]1O. The summed E-state index contributed by atoms with van der Waals surface area (Å²) in [6.45, 7) is -2.58. The Kier molecular flexibility index (Phi) is 9.69. The summed E-state index contributed by atoms with van der Waals surface area (Å²) >= 11 is 0. The van der Waals surface area contributed by atoms with Crippen molar-refractivity contribution in [2.75, 3.05) is 26.4 Å². The molecule has 16 atom stereocenters. The normalized spacial score (nSPS) is 52.4. The van der Waals surface area contributed by atoms with Gasteiger partial charge in [0.05, 0.1) is 26.4 Å². The highest BCUT2D eigenvalue weighted by Crippen LogP contribution is 2.35. The second-order valence-corrected chi connectivity index (χ2v) is 9.18. The van der Waals surface area contributed by atoms with Crippen molar-refractivity contribution in [1.82, 2.24) is 0 Å². The van der Waals surface area contributed by atoms with Crippen molar-refractivity contribution >= 4 is 0 Å². The minimum atomic E-state index is -1.66. The van der Waals surface area contributed by atoms with Gasteiger partial charge in [0, 0.05) is 0 Å². The van der Waals surface area contributed by atoms with Gasteiger partial charge in [0.2, 0.25) is 0 Å². The van der Waals surface area contributed by atoms with Crippen LogP contribution < -0.4 is 0 Å². The zero-order valence-electron chi connectivity index (χ0n) is 19.4. The fourth-order valence-corrected chi connectivity index (χ4v) is 4.70. The summed E-state index contributed by atoms with van der Waals surface area (Å²) in [5.41, 5.74) is 0. The lowest BCUT2D eigenvalue weighted by atomic mass is 10.1. The molecule has 4 aliphatic heterocycles. The van der Waals surface area contributed by atoms with Crippen molar-refractivity contribution < 1.29 is 84.2 Å². The van der Waals surface area contributed by atoms with E-state index >= 15 is 0 Å². The van der Waals surface area contributed by atoms with Crippen molar-refractivity contribution in [1.29, 1.82) is 0 Å². The van der Waals surface area contributed by atoms with E-state index in [0.717, 1.165) is 0 Å². The molecular weight excluding hydrogens is 512 g/mol. The highest BCUT2D eigenvalue weighted by atomic mass is 16.8. The third kappa shape index (κ3) is 5.65. The molecule has 37 heavy (non-hydrogen) atoms. The molecule has 216 valence electrons. The molecule has 4 aliphatic rings. The van der Waals surface area contributed by atoms with E-state index in [0.29, 0.717) is 0 Å². The molecule has 17 heteroatoms. The first-order chi connectivity index (χ1) is 17.6. The van der Waals surface area contributed by atoms with Gasteiger partial charge in [-0.05, 0) is 0 Å². The average molecular weight is 546 g/mol. The quantitative estimate of drug-likeness (QED) is 0.122. The first kappa shape index (κ1) is 29.3. The third-order valence-corrected chi connectivity index (χ3v) is 6.81. The number of hydrogen-bond donors (Lipinski definition) is 10. The lowest BCUT2D eigenvalue weighted by Crippen LogP contribution is -2.47. The van der Waals surface area contributed by atoms with E-state index in [2.05, 4.69) is 0 Å². The summed E-state index contributed by atoms with van der Waals surface area (Å²) in [6, 6.07) is 0. The summed E-state index contributed by atoms with van der Waals surface area (Å²) in [5, 5.41) is 99.4. The zero-order valence-corrected chi connectivity index (χ0v) is 19.4. The number of hydrogen-bond acceptors (Lipinski definition) is 17. The highest BCUT2D eigenvalue weighted by molar-refractivity contribution is 4.96. The largest absolute Gasteiger partial charge is 0.394 e. The van der Waals surface area contributed by atoms with Crippen LogP contribution in [0.5, 0.6) is 0 Å². The number of ether oxygens (including phenoxy) is 7. The van der Waals surface area contributed by atoms with Crippen LogP contribution >= 0.6 is 0 Å². The molecule has 0 saturated carbocycles. The Morgan fingerprint density at radius 1 is 0.405 bits per heavy atom. The van der Waals surface area contributed by atoms with E-state index in [9.17, 15) is 51.1 Å². The zero-order chi connectivity index (χ0) is 27.0. The molecule has 17 nitrogen and oxygen atoms in total. The maximum absolute atomic E-state index is 10.8. The summed E-state index contributed by atoms with van der Waals surface area (Å²) in [4.78, 5) is 0. The van der Waals surface area contributed by atoms with Crippen LogP contribution in [0.25, 0.3) is 0 Å². The standard InChI is InChI=1S/C20H34O17/c21-1-5-9(25)12(28)18(32-5)35-14-8(4-24)34-19(13(14)29)37-16-11(27)7(3-23)33-20(16)36-15-10(26)6(2-22)31-17(15)30/h5-30H,1-4H2/t5-,6-,7-,8-,9-,10-,11-,12+,13+,14-,15+,16+,17?,18+,19+,20+/m0/s1. The van der Waals surface area contributed by atoms with E-state index in [1.54, 1.807) is 0 Å². The molecule has 0 spiro atoms. The van der Waals surface area contributed by atoms with E-state index in [-0.39, 0.29) is 0 Å². The minimum Gasteiger partial charge on any atom is -0.394 e. The van der Waals surface area contributed by atoms with E-state index in [4.69, 9.17) is 33.2 Å². The summed E-state index contributed by atoms with van der Waals surface area (Å²) in [5.74, 6) is 0. The van der Waals surface area contributed by atoms with Crippen molar-refractivity contribution in [3.63, 3.8) is 0 Å². The Bertz CT molecular complexity index is 731. The topological polar surface area (TPSA) is 267 Å². The molecule has 0 aromatic heterocycles. The molecule has 0 aromatic rings. The molecule has 4 fully saturated rings. The van der Waals surface area contributed by atoms with Gasteiger partial charge in [0.25, 0.3) is 0 Å². The Morgan fingerprint density at radius 2 is 0.838 bits per heavy atom. The van der Waals surface area contributed by atoms with Gasteiger partial charge in [0.1, 0.15) is 73.2 Å². The molecular formula is C20H34O17. The van der Waals surface area contributed by atoms with Crippen LogP contribution in [0.2, 0.25) is 0 Å². The van der Waals surface area contributed by atoms with Crippen molar-refractivity contribution in [2.24, 2.45) is 0 Å². The van der Waals surface area contributed by atoms with Crippen LogP contribution in [-0.4, -0.2) is 176 Å². The lowest BCUT2D eigenvalue weighted by molar-refractivity contribution is -0.272. The second kappa shape index (κ2) is 12.2. The van der Waals surface area contributed by atoms with Crippen molar-refractivity contribution in [2.45, 2.75) is 98.4 Å². The van der Waals surface area contributed by atoms with Crippen LogP contribution in [-0.2, 0) is 33.2 Å². The van der Waals surface area contributed by atoms with Gasteiger partial charge < -0.3 is 84.2 Å².